The number of aryl methyl sites for hydroxylation is 1. The van der Waals surface area contributed by atoms with Gasteiger partial charge in [-0.25, -0.2) is 0 Å². The molecule has 2 aromatic heterocycles. The molecular weight excluding hydrogens is 356 g/mol. The van der Waals surface area contributed by atoms with Crippen LogP contribution in [0.1, 0.15) is 48.1 Å². The zero-order chi connectivity index (χ0) is 19.0. The Hall–Kier alpha value is -1.79. The highest BCUT2D eigenvalue weighted by Crippen LogP contribution is 2.49. The first-order chi connectivity index (χ1) is 13.2. The summed E-state index contributed by atoms with van der Waals surface area (Å²) >= 11 is 1.89. The Morgan fingerprint density at radius 3 is 2.85 bits per heavy atom. The predicted octanol–water partition coefficient (Wildman–Crippen LogP) is 4.13. The molecule has 0 aliphatic carbocycles. The fraction of sp³-hybridized carbons (Fsp3) is 0.524. The minimum atomic E-state index is 0.0550. The smallest absolute Gasteiger partial charge is 0.160 e. The molecule has 3 atom stereocenters. The number of rotatable bonds is 6. The van der Waals surface area contributed by atoms with Gasteiger partial charge in [-0.2, -0.15) is 0 Å². The van der Waals surface area contributed by atoms with E-state index in [-0.39, 0.29) is 12.1 Å². The summed E-state index contributed by atoms with van der Waals surface area (Å²) in [6.45, 7) is 8.31. The van der Waals surface area contributed by atoms with Crippen LogP contribution in [-0.2, 0) is 11.3 Å². The SMILES string of the molecule is CC[C@H]1CSC2=N[C@H](c3ccccn3)[C@@H](c3cc(C)n(CCOC)c3C)N21. The van der Waals surface area contributed by atoms with Crippen molar-refractivity contribution in [2.75, 3.05) is 19.5 Å². The minimum Gasteiger partial charge on any atom is -0.383 e. The zero-order valence-corrected chi connectivity index (χ0v) is 17.4. The Labute approximate surface area is 165 Å². The maximum absolute atomic E-state index is 5.32. The van der Waals surface area contributed by atoms with E-state index >= 15 is 0 Å². The van der Waals surface area contributed by atoms with Crippen molar-refractivity contribution in [1.29, 1.82) is 0 Å². The molecule has 0 saturated carbocycles. The average Bonchev–Trinajstić information content (AvgIpc) is 3.33. The van der Waals surface area contributed by atoms with Crippen LogP contribution in [-0.4, -0.2) is 45.1 Å². The molecule has 0 aromatic carbocycles. The van der Waals surface area contributed by atoms with Crippen molar-refractivity contribution in [2.24, 2.45) is 4.99 Å². The van der Waals surface area contributed by atoms with E-state index in [2.05, 4.69) is 53.4 Å². The molecule has 5 nitrogen and oxygen atoms in total. The number of ether oxygens (including phenoxy) is 1. The Balaban J connectivity index is 1.78. The molecule has 2 aliphatic rings. The first-order valence-electron chi connectivity index (χ1n) is 9.71. The van der Waals surface area contributed by atoms with Crippen molar-refractivity contribution in [3.05, 3.63) is 53.1 Å². The van der Waals surface area contributed by atoms with Gasteiger partial charge >= 0.3 is 0 Å². The van der Waals surface area contributed by atoms with Crippen molar-refractivity contribution in [3.8, 4) is 0 Å². The molecular formula is C21H28N4OS. The second-order valence-electron chi connectivity index (χ2n) is 7.31. The van der Waals surface area contributed by atoms with Crippen LogP contribution in [0.5, 0.6) is 0 Å². The van der Waals surface area contributed by atoms with Gasteiger partial charge in [0.05, 0.1) is 18.3 Å². The van der Waals surface area contributed by atoms with E-state index in [1.165, 1.54) is 22.1 Å². The highest BCUT2D eigenvalue weighted by molar-refractivity contribution is 8.14. The van der Waals surface area contributed by atoms with Crippen LogP contribution in [0.3, 0.4) is 0 Å². The number of amidine groups is 1. The topological polar surface area (TPSA) is 42.6 Å². The molecule has 144 valence electrons. The summed E-state index contributed by atoms with van der Waals surface area (Å²) in [4.78, 5) is 12.3. The zero-order valence-electron chi connectivity index (χ0n) is 16.6. The van der Waals surface area contributed by atoms with Crippen LogP contribution < -0.4 is 0 Å². The molecule has 0 amide bonds. The lowest BCUT2D eigenvalue weighted by Gasteiger charge is -2.32. The summed E-state index contributed by atoms with van der Waals surface area (Å²) in [5.41, 5.74) is 5.03. The Morgan fingerprint density at radius 2 is 2.15 bits per heavy atom. The van der Waals surface area contributed by atoms with Gasteiger partial charge in [0, 0.05) is 43.0 Å². The molecule has 4 rings (SSSR count). The fourth-order valence-corrected chi connectivity index (χ4v) is 5.68. The van der Waals surface area contributed by atoms with Crippen LogP contribution in [0.4, 0.5) is 0 Å². The third-order valence-corrected chi connectivity index (χ3v) is 6.91. The second-order valence-corrected chi connectivity index (χ2v) is 8.29. The largest absolute Gasteiger partial charge is 0.383 e. The Morgan fingerprint density at radius 1 is 1.30 bits per heavy atom. The van der Waals surface area contributed by atoms with E-state index in [1.807, 2.05) is 24.0 Å². The summed E-state index contributed by atoms with van der Waals surface area (Å²) < 4.78 is 7.69. The quantitative estimate of drug-likeness (QED) is 0.751. The molecule has 1 fully saturated rings. The number of methoxy groups -OCH3 is 1. The van der Waals surface area contributed by atoms with Gasteiger partial charge in [0.15, 0.2) is 5.17 Å². The molecule has 4 heterocycles. The lowest BCUT2D eigenvalue weighted by Crippen LogP contribution is -2.35. The molecule has 2 aromatic rings. The van der Waals surface area contributed by atoms with Gasteiger partial charge in [-0.05, 0) is 44.0 Å². The molecule has 1 saturated heterocycles. The number of hydrogen-bond acceptors (Lipinski definition) is 5. The fourth-order valence-electron chi connectivity index (χ4n) is 4.34. The highest BCUT2D eigenvalue weighted by atomic mass is 32.2. The molecule has 0 bridgehead atoms. The van der Waals surface area contributed by atoms with Crippen molar-refractivity contribution >= 4 is 16.9 Å². The molecule has 0 unspecified atom stereocenters. The van der Waals surface area contributed by atoms with E-state index in [0.717, 1.165) is 31.0 Å². The predicted molar refractivity (Wildman–Crippen MR) is 111 cm³/mol. The van der Waals surface area contributed by atoms with Crippen LogP contribution in [0.25, 0.3) is 0 Å². The highest BCUT2D eigenvalue weighted by Gasteiger charge is 2.46. The van der Waals surface area contributed by atoms with E-state index in [4.69, 9.17) is 9.73 Å². The first kappa shape index (κ1) is 18.6. The van der Waals surface area contributed by atoms with Gasteiger partial charge in [-0.3, -0.25) is 9.98 Å². The van der Waals surface area contributed by atoms with Gasteiger partial charge in [0.2, 0.25) is 0 Å². The number of aromatic nitrogens is 2. The first-order valence-corrected chi connectivity index (χ1v) is 10.7. The van der Waals surface area contributed by atoms with Gasteiger partial charge in [-0.15, -0.1) is 0 Å². The lowest BCUT2D eigenvalue weighted by atomic mass is 9.95. The Kier molecular flexibility index (Phi) is 5.28. The van der Waals surface area contributed by atoms with Gasteiger partial charge < -0.3 is 14.2 Å². The van der Waals surface area contributed by atoms with Gasteiger partial charge in [-0.1, -0.05) is 24.8 Å². The number of thioether (sulfide) groups is 1. The van der Waals surface area contributed by atoms with E-state index in [9.17, 15) is 0 Å². The molecule has 0 radical (unpaired) electrons. The normalized spacial score (nSPS) is 24.4. The van der Waals surface area contributed by atoms with Gasteiger partial charge in [0.25, 0.3) is 0 Å². The second kappa shape index (κ2) is 7.68. The monoisotopic (exact) mass is 384 g/mol. The Bertz CT molecular complexity index is 832. The minimum absolute atomic E-state index is 0.0550. The molecule has 27 heavy (non-hydrogen) atoms. The molecule has 0 N–H and O–H groups in total. The summed E-state index contributed by atoms with van der Waals surface area (Å²) in [6.07, 6.45) is 3.02. The van der Waals surface area contributed by atoms with Crippen LogP contribution >= 0.6 is 11.8 Å². The maximum atomic E-state index is 5.32. The summed E-state index contributed by atoms with van der Waals surface area (Å²) in [6, 6.07) is 9.31. The summed E-state index contributed by atoms with van der Waals surface area (Å²) in [5.74, 6) is 1.13. The van der Waals surface area contributed by atoms with Crippen molar-refractivity contribution in [3.63, 3.8) is 0 Å². The molecule has 0 spiro atoms. The number of hydrogen-bond donors (Lipinski definition) is 0. The standard InChI is InChI=1S/C21H28N4OS/c1-5-16-13-27-21-23-19(18-8-6-7-9-22-18)20(25(16)21)17-12-14(2)24(15(17)3)10-11-26-4/h6-9,12,16,19-20H,5,10-11,13H2,1-4H3/t16-,19+,20+/m0/s1. The average molecular weight is 385 g/mol. The number of nitrogens with zero attached hydrogens (tertiary/aromatic N) is 4. The lowest BCUT2D eigenvalue weighted by molar-refractivity contribution is 0.186. The van der Waals surface area contributed by atoms with Crippen LogP contribution in [0.2, 0.25) is 0 Å². The summed E-state index contributed by atoms with van der Waals surface area (Å²) in [7, 11) is 1.76. The maximum Gasteiger partial charge on any atom is 0.160 e. The van der Waals surface area contributed by atoms with Crippen molar-refractivity contribution < 1.29 is 4.74 Å². The number of fused-ring (bicyclic) bond motifs is 1. The van der Waals surface area contributed by atoms with Gasteiger partial charge in [0.1, 0.15) is 6.04 Å². The van der Waals surface area contributed by atoms with E-state index in [0.29, 0.717) is 6.04 Å². The molecule has 6 heteroatoms. The number of aliphatic imine (C=N–C) groups is 1. The number of pyridine rings is 1. The third kappa shape index (κ3) is 3.19. The van der Waals surface area contributed by atoms with Crippen LogP contribution in [0.15, 0.2) is 35.5 Å². The van der Waals surface area contributed by atoms with E-state index in [1.54, 1.807) is 7.11 Å². The van der Waals surface area contributed by atoms with Crippen molar-refractivity contribution in [2.45, 2.75) is 51.9 Å². The van der Waals surface area contributed by atoms with Crippen molar-refractivity contribution in [1.82, 2.24) is 14.5 Å². The molecule has 2 aliphatic heterocycles. The summed E-state index contributed by atoms with van der Waals surface area (Å²) in [5, 5.41) is 1.18. The third-order valence-electron chi connectivity index (χ3n) is 5.78. The van der Waals surface area contributed by atoms with Crippen LogP contribution in [0, 0.1) is 13.8 Å². The van der Waals surface area contributed by atoms with E-state index < -0.39 is 0 Å².